The maximum atomic E-state index is 4.67. The zero-order valence-corrected chi connectivity index (χ0v) is 15.7. The summed E-state index contributed by atoms with van der Waals surface area (Å²) in [5, 5.41) is 14.1. The third kappa shape index (κ3) is 3.40. The molecule has 0 spiro atoms. The number of benzene rings is 1. The van der Waals surface area contributed by atoms with E-state index in [9.17, 15) is 0 Å². The van der Waals surface area contributed by atoms with Crippen molar-refractivity contribution < 1.29 is 0 Å². The van der Waals surface area contributed by atoms with Gasteiger partial charge in [-0.3, -0.25) is 5.10 Å². The first-order chi connectivity index (χ1) is 13.8. The fourth-order valence-corrected chi connectivity index (χ4v) is 3.32. The summed E-state index contributed by atoms with van der Waals surface area (Å²) in [4.78, 5) is 16.6. The van der Waals surface area contributed by atoms with E-state index < -0.39 is 0 Å². The standard InChI is InChI=1S/C20H22N8/c1-2-21-20-22-10-14(7-12-3-6-15-17(8-12)24-11-23-15)19(26-20)25-18-9-16(27-28-18)13-4-5-13/h3,6,8-11,13H,2,4-5,7H2,1H3,(H,23,24)(H3,21,22,25,26,27,28). The number of fused-ring (bicyclic) bond motifs is 1. The predicted molar refractivity (Wildman–Crippen MR) is 109 cm³/mol. The van der Waals surface area contributed by atoms with Crippen molar-refractivity contribution in [3.8, 4) is 0 Å². The molecule has 0 radical (unpaired) electrons. The van der Waals surface area contributed by atoms with Crippen LogP contribution in [0.15, 0.2) is 36.8 Å². The molecule has 1 aliphatic carbocycles. The van der Waals surface area contributed by atoms with Crippen LogP contribution in [0.3, 0.4) is 0 Å². The third-order valence-electron chi connectivity index (χ3n) is 4.94. The van der Waals surface area contributed by atoms with E-state index in [-0.39, 0.29) is 0 Å². The van der Waals surface area contributed by atoms with Crippen molar-refractivity contribution >= 4 is 28.6 Å². The van der Waals surface area contributed by atoms with Crippen molar-refractivity contribution in [2.24, 2.45) is 0 Å². The SMILES string of the molecule is CCNc1ncc(Cc2ccc3[nH]cnc3c2)c(Nc2cc(C3CC3)[nH]n2)n1. The minimum Gasteiger partial charge on any atom is -0.354 e. The zero-order chi connectivity index (χ0) is 18.9. The molecule has 0 unspecified atom stereocenters. The number of hydrogen-bond acceptors (Lipinski definition) is 6. The van der Waals surface area contributed by atoms with Crippen LogP contribution in [0.1, 0.15) is 42.5 Å². The van der Waals surface area contributed by atoms with Crippen LogP contribution in [-0.4, -0.2) is 36.7 Å². The lowest BCUT2D eigenvalue weighted by Crippen LogP contribution is -2.07. The van der Waals surface area contributed by atoms with Crippen LogP contribution in [0, 0.1) is 0 Å². The van der Waals surface area contributed by atoms with E-state index in [1.54, 1.807) is 6.33 Å². The molecule has 3 heterocycles. The van der Waals surface area contributed by atoms with Crippen LogP contribution in [0.2, 0.25) is 0 Å². The van der Waals surface area contributed by atoms with E-state index >= 15 is 0 Å². The van der Waals surface area contributed by atoms with Crippen LogP contribution >= 0.6 is 0 Å². The van der Waals surface area contributed by atoms with Crippen molar-refractivity contribution in [1.29, 1.82) is 0 Å². The summed E-state index contributed by atoms with van der Waals surface area (Å²) in [6, 6.07) is 8.32. The molecule has 0 bridgehead atoms. The first-order valence-corrected chi connectivity index (χ1v) is 9.62. The number of rotatable bonds is 7. The molecule has 0 amide bonds. The molecule has 1 fully saturated rings. The van der Waals surface area contributed by atoms with Gasteiger partial charge in [0.2, 0.25) is 5.95 Å². The molecule has 4 N–H and O–H groups in total. The van der Waals surface area contributed by atoms with Gasteiger partial charge in [0.05, 0.1) is 17.4 Å². The normalized spacial score (nSPS) is 13.8. The lowest BCUT2D eigenvalue weighted by Gasteiger charge is -2.11. The van der Waals surface area contributed by atoms with Gasteiger partial charge >= 0.3 is 0 Å². The van der Waals surface area contributed by atoms with Crippen LogP contribution < -0.4 is 10.6 Å². The lowest BCUT2D eigenvalue weighted by atomic mass is 10.1. The number of nitrogens with one attached hydrogen (secondary N) is 4. The molecule has 1 aromatic carbocycles. The van der Waals surface area contributed by atoms with E-state index in [2.05, 4.69) is 59.0 Å². The van der Waals surface area contributed by atoms with Gasteiger partial charge < -0.3 is 15.6 Å². The van der Waals surface area contributed by atoms with Crippen molar-refractivity contribution in [2.45, 2.75) is 32.1 Å². The van der Waals surface area contributed by atoms with Crippen LogP contribution in [0.5, 0.6) is 0 Å². The summed E-state index contributed by atoms with van der Waals surface area (Å²) in [6.45, 7) is 2.79. The number of aromatic amines is 2. The second-order valence-electron chi connectivity index (χ2n) is 7.14. The fourth-order valence-electron chi connectivity index (χ4n) is 3.32. The number of aromatic nitrogens is 6. The van der Waals surface area contributed by atoms with E-state index in [0.717, 1.165) is 40.3 Å². The Balaban J connectivity index is 1.44. The zero-order valence-electron chi connectivity index (χ0n) is 15.7. The molecule has 5 rings (SSSR count). The first kappa shape index (κ1) is 16.7. The number of H-pyrrole nitrogens is 2. The Morgan fingerprint density at radius 1 is 1.18 bits per heavy atom. The van der Waals surface area contributed by atoms with Crippen molar-refractivity contribution in [1.82, 2.24) is 30.1 Å². The number of nitrogens with zero attached hydrogens (tertiary/aromatic N) is 4. The molecule has 142 valence electrons. The molecule has 4 aromatic rings. The Hall–Kier alpha value is -3.42. The maximum Gasteiger partial charge on any atom is 0.224 e. The van der Waals surface area contributed by atoms with Gasteiger partial charge in [-0.25, -0.2) is 9.97 Å². The Bertz CT molecular complexity index is 1110. The highest BCUT2D eigenvalue weighted by molar-refractivity contribution is 5.75. The summed E-state index contributed by atoms with van der Waals surface area (Å²) in [5.41, 5.74) is 5.34. The van der Waals surface area contributed by atoms with E-state index in [1.165, 1.54) is 18.5 Å². The Labute approximate surface area is 162 Å². The Morgan fingerprint density at radius 2 is 2.11 bits per heavy atom. The van der Waals surface area contributed by atoms with Gasteiger partial charge in [0, 0.05) is 42.4 Å². The quantitative estimate of drug-likeness (QED) is 0.393. The maximum absolute atomic E-state index is 4.67. The second-order valence-corrected chi connectivity index (χ2v) is 7.14. The fraction of sp³-hybridized carbons (Fsp3) is 0.300. The molecule has 8 heteroatoms. The number of hydrogen-bond donors (Lipinski definition) is 4. The predicted octanol–water partition coefficient (Wildman–Crippen LogP) is 3.72. The molecule has 28 heavy (non-hydrogen) atoms. The second kappa shape index (κ2) is 6.95. The topological polar surface area (TPSA) is 107 Å². The molecule has 1 aliphatic rings. The highest BCUT2D eigenvalue weighted by Gasteiger charge is 2.25. The minimum absolute atomic E-state index is 0.606. The summed E-state index contributed by atoms with van der Waals surface area (Å²) in [6.07, 6.45) is 6.76. The average molecular weight is 374 g/mol. The monoisotopic (exact) mass is 374 g/mol. The molecule has 0 aliphatic heterocycles. The number of anilines is 3. The van der Waals surface area contributed by atoms with Crippen LogP contribution in [-0.2, 0) is 6.42 Å². The van der Waals surface area contributed by atoms with Gasteiger partial charge in [-0.2, -0.15) is 10.1 Å². The molecule has 0 saturated heterocycles. The van der Waals surface area contributed by atoms with E-state index in [1.807, 2.05) is 19.2 Å². The third-order valence-corrected chi connectivity index (χ3v) is 4.94. The molecule has 1 saturated carbocycles. The van der Waals surface area contributed by atoms with Crippen molar-refractivity contribution in [3.63, 3.8) is 0 Å². The summed E-state index contributed by atoms with van der Waals surface area (Å²) in [5.74, 6) is 2.79. The Kier molecular flexibility index (Phi) is 4.16. The van der Waals surface area contributed by atoms with Gasteiger partial charge in [0.15, 0.2) is 5.82 Å². The van der Waals surface area contributed by atoms with Crippen LogP contribution in [0.4, 0.5) is 17.6 Å². The van der Waals surface area contributed by atoms with Gasteiger partial charge in [-0.15, -0.1) is 0 Å². The van der Waals surface area contributed by atoms with E-state index in [4.69, 9.17) is 0 Å². The van der Waals surface area contributed by atoms with Gasteiger partial charge in [0.25, 0.3) is 0 Å². The lowest BCUT2D eigenvalue weighted by molar-refractivity contribution is 0.965. The van der Waals surface area contributed by atoms with E-state index in [0.29, 0.717) is 18.3 Å². The van der Waals surface area contributed by atoms with Gasteiger partial charge in [-0.05, 0) is 37.5 Å². The average Bonchev–Trinajstić information content (AvgIpc) is 3.26. The highest BCUT2D eigenvalue weighted by atomic mass is 15.2. The van der Waals surface area contributed by atoms with Gasteiger partial charge in [0.1, 0.15) is 5.82 Å². The highest BCUT2D eigenvalue weighted by Crippen LogP contribution is 2.39. The summed E-state index contributed by atoms with van der Waals surface area (Å²) >= 11 is 0. The van der Waals surface area contributed by atoms with Gasteiger partial charge in [-0.1, -0.05) is 6.07 Å². The summed E-state index contributed by atoms with van der Waals surface area (Å²) in [7, 11) is 0. The molecular formula is C20H22N8. The minimum atomic E-state index is 0.606. The van der Waals surface area contributed by atoms with Crippen LogP contribution in [0.25, 0.3) is 11.0 Å². The largest absolute Gasteiger partial charge is 0.354 e. The summed E-state index contributed by atoms with van der Waals surface area (Å²) < 4.78 is 0. The smallest absolute Gasteiger partial charge is 0.224 e. The number of imidazole rings is 1. The van der Waals surface area contributed by atoms with Crippen molar-refractivity contribution in [3.05, 3.63) is 53.6 Å². The van der Waals surface area contributed by atoms with Crippen molar-refractivity contribution in [2.75, 3.05) is 17.2 Å². The molecule has 0 atom stereocenters. The Morgan fingerprint density at radius 3 is 2.96 bits per heavy atom. The molecule has 3 aromatic heterocycles. The molecular weight excluding hydrogens is 352 g/mol. The first-order valence-electron chi connectivity index (χ1n) is 9.62. The molecule has 8 nitrogen and oxygen atoms in total.